The lowest BCUT2D eigenvalue weighted by atomic mass is 10.2. The smallest absolute Gasteiger partial charge is 0.325 e. The maximum atomic E-state index is 12.0. The number of likely N-dealkylation sites (N-methyl/N-ethyl adjacent to an activating group) is 1. The Hall–Kier alpha value is -1.36. The van der Waals surface area contributed by atoms with Crippen LogP contribution in [0.4, 0.5) is 0 Å². The topological polar surface area (TPSA) is 46.6 Å². The van der Waals surface area contributed by atoms with Gasteiger partial charge in [-0.15, -0.1) is 0 Å². The van der Waals surface area contributed by atoms with Crippen molar-refractivity contribution in [3.63, 3.8) is 0 Å². The minimum absolute atomic E-state index is 0.0292. The van der Waals surface area contributed by atoms with E-state index in [0.29, 0.717) is 12.2 Å². The standard InChI is InChI=1S/C14H18BrNO3/c1-3-4-9-19-13(17)10-16(2)14(18)11-5-7-12(15)8-6-11/h5-8H,3-4,9-10H2,1-2H3. The molecule has 0 saturated carbocycles. The van der Waals surface area contributed by atoms with Crippen LogP contribution in [0.1, 0.15) is 30.1 Å². The number of ether oxygens (including phenoxy) is 1. The van der Waals surface area contributed by atoms with E-state index in [2.05, 4.69) is 15.9 Å². The van der Waals surface area contributed by atoms with E-state index in [1.165, 1.54) is 4.90 Å². The first-order chi connectivity index (χ1) is 9.04. The predicted octanol–water partition coefficient (Wildman–Crippen LogP) is 2.86. The Morgan fingerprint density at radius 1 is 1.26 bits per heavy atom. The normalized spacial score (nSPS) is 10.1. The Morgan fingerprint density at radius 3 is 2.47 bits per heavy atom. The number of hydrogen-bond acceptors (Lipinski definition) is 3. The number of amides is 1. The van der Waals surface area contributed by atoms with Crippen LogP contribution >= 0.6 is 15.9 Å². The van der Waals surface area contributed by atoms with Crippen LogP contribution in [-0.2, 0) is 9.53 Å². The summed E-state index contributed by atoms with van der Waals surface area (Å²) in [5.74, 6) is -0.568. The first-order valence-corrected chi connectivity index (χ1v) is 7.00. The van der Waals surface area contributed by atoms with Crippen molar-refractivity contribution in [2.24, 2.45) is 0 Å². The number of nitrogens with zero attached hydrogens (tertiary/aromatic N) is 1. The molecule has 0 aliphatic heterocycles. The average molecular weight is 328 g/mol. The minimum Gasteiger partial charge on any atom is -0.464 e. The Morgan fingerprint density at radius 2 is 1.89 bits per heavy atom. The molecule has 0 saturated heterocycles. The molecule has 104 valence electrons. The molecule has 0 heterocycles. The van der Waals surface area contributed by atoms with Gasteiger partial charge >= 0.3 is 5.97 Å². The van der Waals surface area contributed by atoms with Gasteiger partial charge in [-0.1, -0.05) is 29.3 Å². The maximum absolute atomic E-state index is 12.0. The van der Waals surface area contributed by atoms with Crippen molar-refractivity contribution in [3.05, 3.63) is 34.3 Å². The number of benzene rings is 1. The van der Waals surface area contributed by atoms with Crippen molar-refractivity contribution < 1.29 is 14.3 Å². The van der Waals surface area contributed by atoms with Gasteiger partial charge in [-0.2, -0.15) is 0 Å². The van der Waals surface area contributed by atoms with Crippen LogP contribution in [0.3, 0.4) is 0 Å². The van der Waals surface area contributed by atoms with E-state index in [1.54, 1.807) is 31.3 Å². The number of halogens is 1. The van der Waals surface area contributed by atoms with E-state index in [4.69, 9.17) is 4.74 Å². The number of unbranched alkanes of at least 4 members (excludes halogenated alkanes) is 1. The molecule has 5 heteroatoms. The molecule has 0 radical (unpaired) electrons. The van der Waals surface area contributed by atoms with Crippen LogP contribution in [0.25, 0.3) is 0 Å². The van der Waals surface area contributed by atoms with Crippen molar-refractivity contribution in [3.8, 4) is 0 Å². The fourth-order valence-corrected chi connectivity index (χ4v) is 1.72. The van der Waals surface area contributed by atoms with Crippen LogP contribution in [-0.4, -0.2) is 37.0 Å². The average Bonchev–Trinajstić information content (AvgIpc) is 2.39. The van der Waals surface area contributed by atoms with E-state index in [-0.39, 0.29) is 18.4 Å². The zero-order chi connectivity index (χ0) is 14.3. The Bertz CT molecular complexity index is 431. The molecule has 1 aromatic rings. The highest BCUT2D eigenvalue weighted by Crippen LogP contribution is 2.11. The Labute approximate surface area is 121 Å². The number of carbonyl (C=O) groups excluding carboxylic acids is 2. The van der Waals surface area contributed by atoms with Crippen molar-refractivity contribution in [2.45, 2.75) is 19.8 Å². The van der Waals surface area contributed by atoms with Gasteiger partial charge in [0, 0.05) is 17.1 Å². The summed E-state index contributed by atoms with van der Waals surface area (Å²) in [5, 5.41) is 0. The van der Waals surface area contributed by atoms with Crippen LogP contribution < -0.4 is 0 Å². The second kappa shape index (κ2) is 7.94. The first kappa shape index (κ1) is 15.7. The molecule has 1 rings (SSSR count). The zero-order valence-corrected chi connectivity index (χ0v) is 12.8. The summed E-state index contributed by atoms with van der Waals surface area (Å²) in [7, 11) is 1.59. The fraction of sp³-hybridized carbons (Fsp3) is 0.429. The largest absolute Gasteiger partial charge is 0.464 e. The summed E-state index contributed by atoms with van der Waals surface area (Å²) in [6.07, 6.45) is 1.82. The Balaban J connectivity index is 2.48. The number of hydrogen-bond donors (Lipinski definition) is 0. The van der Waals surface area contributed by atoms with Crippen LogP contribution in [0, 0.1) is 0 Å². The second-order valence-corrected chi connectivity index (χ2v) is 5.16. The molecule has 0 N–H and O–H groups in total. The molecule has 0 fully saturated rings. The third kappa shape index (κ3) is 5.42. The molecule has 0 unspecified atom stereocenters. The summed E-state index contributed by atoms with van der Waals surface area (Å²) in [6, 6.07) is 7.01. The van der Waals surface area contributed by atoms with Gasteiger partial charge in [0.05, 0.1) is 6.61 Å². The van der Waals surface area contributed by atoms with Crippen molar-refractivity contribution in [1.82, 2.24) is 4.90 Å². The van der Waals surface area contributed by atoms with Crippen molar-refractivity contribution in [1.29, 1.82) is 0 Å². The summed E-state index contributed by atoms with van der Waals surface area (Å²) < 4.78 is 5.93. The summed E-state index contributed by atoms with van der Waals surface area (Å²) in [5.41, 5.74) is 0.548. The van der Waals surface area contributed by atoms with Crippen molar-refractivity contribution >= 4 is 27.8 Å². The zero-order valence-electron chi connectivity index (χ0n) is 11.2. The number of rotatable bonds is 6. The minimum atomic E-state index is -0.374. The number of carbonyl (C=O) groups is 2. The molecule has 0 aliphatic rings. The predicted molar refractivity (Wildman–Crippen MR) is 77.0 cm³/mol. The molecule has 1 aromatic carbocycles. The summed E-state index contributed by atoms with van der Waals surface area (Å²) in [6.45, 7) is 2.41. The molecular formula is C14H18BrNO3. The number of esters is 1. The Kier molecular flexibility index (Phi) is 6.56. The lowest BCUT2D eigenvalue weighted by Crippen LogP contribution is -2.33. The third-order valence-electron chi connectivity index (χ3n) is 2.57. The lowest BCUT2D eigenvalue weighted by Gasteiger charge is -2.16. The molecule has 0 atom stereocenters. The van der Waals surface area contributed by atoms with Crippen LogP contribution in [0.5, 0.6) is 0 Å². The highest BCUT2D eigenvalue weighted by Gasteiger charge is 2.15. The molecule has 0 aromatic heterocycles. The van der Waals surface area contributed by atoms with E-state index < -0.39 is 0 Å². The van der Waals surface area contributed by atoms with Gasteiger partial charge in [0.15, 0.2) is 0 Å². The van der Waals surface area contributed by atoms with Gasteiger partial charge in [-0.05, 0) is 30.7 Å². The molecule has 0 aliphatic carbocycles. The SMILES string of the molecule is CCCCOC(=O)CN(C)C(=O)c1ccc(Br)cc1. The van der Waals surface area contributed by atoms with Gasteiger partial charge in [-0.3, -0.25) is 9.59 Å². The molecule has 4 nitrogen and oxygen atoms in total. The van der Waals surface area contributed by atoms with Crippen molar-refractivity contribution in [2.75, 3.05) is 20.2 Å². The van der Waals surface area contributed by atoms with Gasteiger partial charge in [0.25, 0.3) is 5.91 Å². The lowest BCUT2D eigenvalue weighted by molar-refractivity contribution is -0.144. The van der Waals surface area contributed by atoms with E-state index in [9.17, 15) is 9.59 Å². The van der Waals surface area contributed by atoms with Crippen LogP contribution in [0.15, 0.2) is 28.7 Å². The van der Waals surface area contributed by atoms with Gasteiger partial charge in [-0.25, -0.2) is 0 Å². The first-order valence-electron chi connectivity index (χ1n) is 6.21. The molecule has 19 heavy (non-hydrogen) atoms. The van der Waals surface area contributed by atoms with Gasteiger partial charge in [0.2, 0.25) is 0 Å². The van der Waals surface area contributed by atoms with E-state index in [0.717, 1.165) is 17.3 Å². The molecular weight excluding hydrogens is 310 g/mol. The maximum Gasteiger partial charge on any atom is 0.325 e. The monoisotopic (exact) mass is 327 g/mol. The van der Waals surface area contributed by atoms with E-state index >= 15 is 0 Å². The fourth-order valence-electron chi connectivity index (χ4n) is 1.45. The highest BCUT2D eigenvalue weighted by atomic mass is 79.9. The molecule has 1 amide bonds. The molecule has 0 bridgehead atoms. The van der Waals surface area contributed by atoms with Crippen LogP contribution in [0.2, 0.25) is 0 Å². The quantitative estimate of drug-likeness (QED) is 0.596. The van der Waals surface area contributed by atoms with Gasteiger partial charge in [0.1, 0.15) is 6.54 Å². The summed E-state index contributed by atoms with van der Waals surface area (Å²) >= 11 is 3.31. The second-order valence-electron chi connectivity index (χ2n) is 4.24. The molecule has 0 spiro atoms. The summed E-state index contributed by atoms with van der Waals surface area (Å²) in [4.78, 5) is 24.9. The van der Waals surface area contributed by atoms with Gasteiger partial charge < -0.3 is 9.64 Å². The highest BCUT2D eigenvalue weighted by molar-refractivity contribution is 9.10. The van der Waals surface area contributed by atoms with E-state index in [1.807, 2.05) is 6.92 Å². The third-order valence-corrected chi connectivity index (χ3v) is 3.09.